The summed E-state index contributed by atoms with van der Waals surface area (Å²) >= 11 is 0. The topological polar surface area (TPSA) is 122 Å². The van der Waals surface area contributed by atoms with E-state index in [1.54, 1.807) is 0 Å². The Morgan fingerprint density at radius 2 is 0.879 bits per heavy atom. The molecule has 0 saturated heterocycles. The van der Waals surface area contributed by atoms with Gasteiger partial charge in [0.2, 0.25) is 0 Å². The average molecular weight is 454 g/mol. The second-order valence-electron chi connectivity index (χ2n) is 8.58. The first kappa shape index (κ1) is 24.4. The molecule has 0 atom stereocenters. The maximum absolute atomic E-state index is 11.6. The lowest BCUT2D eigenvalue weighted by Crippen LogP contribution is -2.00. The van der Waals surface area contributed by atoms with E-state index in [4.69, 9.17) is 0 Å². The number of carbonyl (C=O) groups is 2. The van der Waals surface area contributed by atoms with Crippen LogP contribution in [0.5, 0.6) is 0 Å². The van der Waals surface area contributed by atoms with Crippen molar-refractivity contribution in [2.75, 3.05) is 0 Å². The third-order valence-corrected chi connectivity index (χ3v) is 6.88. The summed E-state index contributed by atoms with van der Waals surface area (Å²) in [5, 5.41) is 19.1. The predicted octanol–water partition coefficient (Wildman–Crippen LogP) is 5.12. The Hall–Kier alpha value is -3.22. The normalized spacial score (nSPS) is 11.3. The quantitative estimate of drug-likeness (QED) is 0.292. The van der Waals surface area contributed by atoms with E-state index in [1.807, 2.05) is 27.7 Å². The molecule has 5 N–H and O–H groups in total. The molecule has 0 saturated carbocycles. The molecule has 0 amide bonds. The molecule has 7 nitrogen and oxygen atoms in total. The lowest BCUT2D eigenvalue weighted by Gasteiger charge is -2.06. The van der Waals surface area contributed by atoms with E-state index < -0.39 is 11.9 Å². The van der Waals surface area contributed by atoms with Crippen LogP contribution in [0.25, 0.3) is 0 Å². The minimum Gasteiger partial charge on any atom is -0.477 e. The molecule has 3 aromatic rings. The summed E-state index contributed by atoms with van der Waals surface area (Å²) in [6, 6.07) is 0. The van der Waals surface area contributed by atoms with Gasteiger partial charge in [-0.25, -0.2) is 9.59 Å². The van der Waals surface area contributed by atoms with Crippen LogP contribution in [0.3, 0.4) is 0 Å². The molecule has 7 heteroatoms. The van der Waals surface area contributed by atoms with Crippen LogP contribution in [-0.2, 0) is 38.5 Å². The highest BCUT2D eigenvalue weighted by molar-refractivity contribution is 5.88. The predicted molar refractivity (Wildman–Crippen MR) is 129 cm³/mol. The summed E-state index contributed by atoms with van der Waals surface area (Å²) in [4.78, 5) is 33.2. The van der Waals surface area contributed by atoms with E-state index in [9.17, 15) is 19.8 Å². The molecule has 0 aliphatic rings. The van der Waals surface area contributed by atoms with Gasteiger partial charge in [0.1, 0.15) is 11.4 Å². The number of carboxylic acid groups (broad SMARTS) is 2. The van der Waals surface area contributed by atoms with Crippen molar-refractivity contribution in [2.24, 2.45) is 0 Å². The fraction of sp³-hybridized carbons (Fsp3) is 0.462. The van der Waals surface area contributed by atoms with Gasteiger partial charge in [-0.05, 0) is 72.9 Å². The second kappa shape index (κ2) is 9.73. The van der Waals surface area contributed by atoms with Gasteiger partial charge in [-0.1, -0.05) is 27.7 Å². The molecule has 0 aliphatic carbocycles. The van der Waals surface area contributed by atoms with Gasteiger partial charge in [0.05, 0.1) is 0 Å². The SMILES string of the molecule is CCc1c(Cc2[nH]c(Cc3[nH]c(C(=O)O)c(C)c3CC)c(CC)c2CC)[nH]c(C(=O)O)c1C. The summed E-state index contributed by atoms with van der Waals surface area (Å²) < 4.78 is 0. The highest BCUT2D eigenvalue weighted by Gasteiger charge is 2.23. The first-order chi connectivity index (χ1) is 15.7. The smallest absolute Gasteiger partial charge is 0.352 e. The summed E-state index contributed by atoms with van der Waals surface area (Å²) in [5.41, 5.74) is 10.8. The highest BCUT2D eigenvalue weighted by atomic mass is 16.4. The second-order valence-corrected chi connectivity index (χ2v) is 8.58. The van der Waals surface area contributed by atoms with Crippen molar-refractivity contribution in [1.82, 2.24) is 15.0 Å². The molecule has 0 spiro atoms. The maximum Gasteiger partial charge on any atom is 0.352 e. The molecule has 0 aromatic carbocycles. The summed E-state index contributed by atoms with van der Waals surface area (Å²) in [7, 11) is 0. The van der Waals surface area contributed by atoms with Crippen molar-refractivity contribution in [3.05, 3.63) is 67.5 Å². The molecule has 0 bridgehead atoms. The lowest BCUT2D eigenvalue weighted by atomic mass is 9.98. The highest BCUT2D eigenvalue weighted by Crippen LogP contribution is 2.29. The Labute approximate surface area is 194 Å². The Balaban J connectivity index is 2.06. The fourth-order valence-electron chi connectivity index (χ4n) is 5.29. The summed E-state index contributed by atoms with van der Waals surface area (Å²) in [6.07, 6.45) is 4.48. The standard InChI is InChI=1S/C26H35N3O4/c1-7-15-13(5)23(25(30)31)28-19(15)11-21-17(9-3)18(10-4)22(27-21)12-20-16(8-2)14(6)24(29-20)26(32)33/h27-29H,7-12H2,1-6H3,(H,30,31)(H,32,33). The molecular formula is C26H35N3O4. The van der Waals surface area contributed by atoms with Gasteiger partial charge < -0.3 is 25.2 Å². The molecule has 3 aromatic heterocycles. The number of nitrogens with one attached hydrogen (secondary N) is 3. The van der Waals surface area contributed by atoms with Gasteiger partial charge in [0.15, 0.2) is 0 Å². The molecule has 178 valence electrons. The number of carboxylic acids is 2. The number of aromatic nitrogens is 3. The molecule has 0 unspecified atom stereocenters. The third-order valence-electron chi connectivity index (χ3n) is 6.88. The van der Waals surface area contributed by atoms with Crippen LogP contribution in [-0.4, -0.2) is 37.1 Å². The largest absolute Gasteiger partial charge is 0.477 e. The van der Waals surface area contributed by atoms with Crippen LogP contribution in [0.15, 0.2) is 0 Å². The molecule has 0 aliphatic heterocycles. The Bertz CT molecular complexity index is 1100. The maximum atomic E-state index is 11.6. The number of hydrogen-bond acceptors (Lipinski definition) is 2. The van der Waals surface area contributed by atoms with Crippen molar-refractivity contribution in [2.45, 2.75) is 80.1 Å². The van der Waals surface area contributed by atoms with Crippen molar-refractivity contribution in [3.8, 4) is 0 Å². The summed E-state index contributed by atoms with van der Waals surface area (Å²) in [5.74, 6) is -1.87. The van der Waals surface area contributed by atoms with Gasteiger partial charge in [-0.2, -0.15) is 0 Å². The van der Waals surface area contributed by atoms with Crippen molar-refractivity contribution >= 4 is 11.9 Å². The van der Waals surface area contributed by atoms with Crippen molar-refractivity contribution in [3.63, 3.8) is 0 Å². The van der Waals surface area contributed by atoms with Crippen LogP contribution in [0.4, 0.5) is 0 Å². The van der Waals surface area contributed by atoms with E-state index in [2.05, 4.69) is 28.8 Å². The number of aromatic amines is 3. The molecule has 3 heterocycles. The Morgan fingerprint density at radius 3 is 1.15 bits per heavy atom. The van der Waals surface area contributed by atoms with Crippen LogP contribution in [0.1, 0.15) is 105 Å². The Kier molecular flexibility index (Phi) is 7.20. The minimum absolute atomic E-state index is 0.262. The van der Waals surface area contributed by atoms with E-state index in [0.717, 1.165) is 70.7 Å². The first-order valence-corrected chi connectivity index (χ1v) is 11.8. The molecule has 0 radical (unpaired) electrons. The zero-order valence-electron chi connectivity index (χ0n) is 20.5. The van der Waals surface area contributed by atoms with Gasteiger partial charge in [0.25, 0.3) is 0 Å². The molecule has 3 rings (SSSR count). The van der Waals surface area contributed by atoms with Crippen molar-refractivity contribution < 1.29 is 19.8 Å². The number of hydrogen-bond donors (Lipinski definition) is 5. The van der Waals surface area contributed by atoms with E-state index in [-0.39, 0.29) is 11.4 Å². The van der Waals surface area contributed by atoms with Gasteiger partial charge in [-0.3, -0.25) is 0 Å². The zero-order valence-corrected chi connectivity index (χ0v) is 20.5. The molecular weight excluding hydrogens is 418 g/mol. The lowest BCUT2D eigenvalue weighted by molar-refractivity contribution is 0.0679. The van der Waals surface area contributed by atoms with E-state index in [0.29, 0.717) is 12.8 Å². The van der Waals surface area contributed by atoms with E-state index in [1.165, 1.54) is 11.1 Å². The van der Waals surface area contributed by atoms with Crippen molar-refractivity contribution in [1.29, 1.82) is 0 Å². The van der Waals surface area contributed by atoms with Crippen LogP contribution < -0.4 is 0 Å². The number of aromatic carboxylic acids is 2. The fourth-order valence-corrected chi connectivity index (χ4v) is 5.29. The zero-order chi connectivity index (χ0) is 24.4. The molecule has 33 heavy (non-hydrogen) atoms. The van der Waals surface area contributed by atoms with Gasteiger partial charge in [-0.15, -0.1) is 0 Å². The minimum atomic E-state index is -0.936. The average Bonchev–Trinajstić information content (AvgIpc) is 3.38. The summed E-state index contributed by atoms with van der Waals surface area (Å²) in [6.45, 7) is 12.1. The molecule has 0 fully saturated rings. The van der Waals surface area contributed by atoms with Crippen LogP contribution in [0, 0.1) is 13.8 Å². The van der Waals surface area contributed by atoms with Gasteiger partial charge in [0, 0.05) is 35.6 Å². The van der Waals surface area contributed by atoms with E-state index >= 15 is 0 Å². The Morgan fingerprint density at radius 1 is 0.576 bits per heavy atom. The monoisotopic (exact) mass is 453 g/mol. The number of rotatable bonds is 10. The van der Waals surface area contributed by atoms with Gasteiger partial charge >= 0.3 is 11.9 Å². The van der Waals surface area contributed by atoms with Crippen LogP contribution in [0.2, 0.25) is 0 Å². The number of H-pyrrole nitrogens is 3. The third kappa shape index (κ3) is 4.36. The van der Waals surface area contributed by atoms with Crippen LogP contribution >= 0.6 is 0 Å². The first-order valence-electron chi connectivity index (χ1n) is 11.8.